The fourth-order valence-electron chi connectivity index (χ4n) is 3.46. The smallest absolute Gasteiger partial charge is 0.0372 e. The topological polar surface area (TPSA) is 15.3 Å². The highest BCUT2D eigenvalue weighted by Crippen LogP contribution is 2.26. The predicted octanol–water partition coefficient (Wildman–Crippen LogP) is 3.67. The van der Waals surface area contributed by atoms with Gasteiger partial charge in [-0.2, -0.15) is 0 Å². The summed E-state index contributed by atoms with van der Waals surface area (Å²) >= 11 is 0. The predicted molar refractivity (Wildman–Crippen MR) is 81.5 cm³/mol. The van der Waals surface area contributed by atoms with Crippen molar-refractivity contribution in [3.63, 3.8) is 0 Å². The Labute approximate surface area is 117 Å². The molecule has 3 rings (SSSR count). The van der Waals surface area contributed by atoms with E-state index in [4.69, 9.17) is 0 Å². The molecule has 0 radical (unpaired) electrons. The van der Waals surface area contributed by atoms with Gasteiger partial charge in [-0.15, -0.1) is 0 Å². The minimum absolute atomic E-state index is 0.741. The summed E-state index contributed by atoms with van der Waals surface area (Å²) in [4.78, 5) is 2.66. The summed E-state index contributed by atoms with van der Waals surface area (Å²) in [5, 5.41) is 3.50. The van der Waals surface area contributed by atoms with E-state index in [0.717, 1.165) is 25.0 Å². The number of likely N-dealkylation sites (tertiary alicyclic amines) is 1. The molecule has 2 nitrogen and oxygen atoms in total. The number of anilines is 1. The van der Waals surface area contributed by atoms with Crippen molar-refractivity contribution in [1.29, 1.82) is 0 Å². The lowest BCUT2D eigenvalue weighted by Crippen LogP contribution is -2.40. The number of hydrogen-bond acceptors (Lipinski definition) is 2. The summed E-state index contributed by atoms with van der Waals surface area (Å²) in [5.41, 5.74) is 4.36. The molecule has 1 aromatic rings. The van der Waals surface area contributed by atoms with E-state index >= 15 is 0 Å². The third-order valence-corrected chi connectivity index (χ3v) is 4.74. The standard InChI is InChI=1S/C17H26N2/c1-13-5-6-14(2)19(11-13)12-15-7-8-17-16(10-15)4-3-9-18-17/h7-8,10,13-14,18H,3-6,9,11-12H2,1-2H3. The lowest BCUT2D eigenvalue weighted by atomic mass is 9.94. The van der Waals surface area contributed by atoms with Crippen LogP contribution in [0.5, 0.6) is 0 Å². The van der Waals surface area contributed by atoms with Crippen LogP contribution in [-0.4, -0.2) is 24.0 Å². The van der Waals surface area contributed by atoms with Crippen molar-refractivity contribution >= 4 is 5.69 Å². The van der Waals surface area contributed by atoms with Crippen LogP contribution in [0.1, 0.15) is 44.2 Å². The Morgan fingerprint density at radius 3 is 3.05 bits per heavy atom. The van der Waals surface area contributed by atoms with Crippen LogP contribution in [0.25, 0.3) is 0 Å². The molecule has 0 bridgehead atoms. The molecule has 104 valence electrons. The van der Waals surface area contributed by atoms with Gasteiger partial charge in [0.15, 0.2) is 0 Å². The Hall–Kier alpha value is -1.02. The molecule has 0 aliphatic carbocycles. The summed E-state index contributed by atoms with van der Waals surface area (Å²) in [6.45, 7) is 8.28. The van der Waals surface area contributed by atoms with Gasteiger partial charge in [-0.3, -0.25) is 4.90 Å². The van der Waals surface area contributed by atoms with E-state index in [9.17, 15) is 0 Å². The van der Waals surface area contributed by atoms with E-state index in [1.54, 1.807) is 0 Å². The lowest BCUT2D eigenvalue weighted by Gasteiger charge is -2.37. The minimum atomic E-state index is 0.741. The summed E-state index contributed by atoms with van der Waals surface area (Å²) in [7, 11) is 0. The van der Waals surface area contributed by atoms with E-state index in [2.05, 4.69) is 42.3 Å². The maximum atomic E-state index is 3.50. The van der Waals surface area contributed by atoms with Crippen LogP contribution in [0.15, 0.2) is 18.2 Å². The first-order valence-corrected chi connectivity index (χ1v) is 7.82. The van der Waals surface area contributed by atoms with Gasteiger partial charge < -0.3 is 5.32 Å². The maximum absolute atomic E-state index is 3.50. The Bertz CT molecular complexity index is 441. The first kappa shape index (κ1) is 13.0. The largest absolute Gasteiger partial charge is 0.385 e. The van der Waals surface area contributed by atoms with Crippen molar-refractivity contribution in [3.05, 3.63) is 29.3 Å². The van der Waals surface area contributed by atoms with Crippen LogP contribution in [0, 0.1) is 5.92 Å². The molecule has 2 unspecified atom stereocenters. The number of nitrogens with one attached hydrogen (secondary N) is 1. The Morgan fingerprint density at radius 1 is 1.26 bits per heavy atom. The molecule has 2 heteroatoms. The Morgan fingerprint density at radius 2 is 2.16 bits per heavy atom. The molecule has 2 aliphatic rings. The van der Waals surface area contributed by atoms with Crippen molar-refractivity contribution in [2.75, 3.05) is 18.4 Å². The average Bonchev–Trinajstić information content (AvgIpc) is 2.43. The molecule has 2 atom stereocenters. The zero-order valence-corrected chi connectivity index (χ0v) is 12.3. The van der Waals surface area contributed by atoms with Gasteiger partial charge in [-0.1, -0.05) is 19.1 Å². The third kappa shape index (κ3) is 2.94. The van der Waals surface area contributed by atoms with Crippen LogP contribution in [0.3, 0.4) is 0 Å². The molecule has 19 heavy (non-hydrogen) atoms. The number of hydrogen-bond donors (Lipinski definition) is 1. The van der Waals surface area contributed by atoms with Crippen molar-refractivity contribution in [2.45, 2.75) is 52.1 Å². The number of piperidine rings is 1. The van der Waals surface area contributed by atoms with Crippen LogP contribution < -0.4 is 5.32 Å². The molecule has 2 aliphatic heterocycles. The number of aryl methyl sites for hydroxylation is 1. The van der Waals surface area contributed by atoms with E-state index in [0.29, 0.717) is 0 Å². The number of nitrogens with zero attached hydrogens (tertiary/aromatic N) is 1. The van der Waals surface area contributed by atoms with E-state index in [1.165, 1.54) is 49.0 Å². The minimum Gasteiger partial charge on any atom is -0.385 e. The third-order valence-electron chi connectivity index (χ3n) is 4.74. The first-order chi connectivity index (χ1) is 9.22. The molecular weight excluding hydrogens is 232 g/mol. The summed E-state index contributed by atoms with van der Waals surface area (Å²) in [6.07, 6.45) is 5.26. The monoisotopic (exact) mass is 258 g/mol. The average molecular weight is 258 g/mol. The van der Waals surface area contributed by atoms with Gasteiger partial charge in [-0.25, -0.2) is 0 Å². The molecule has 0 spiro atoms. The van der Waals surface area contributed by atoms with Gasteiger partial charge in [0, 0.05) is 31.4 Å². The number of benzene rings is 1. The van der Waals surface area contributed by atoms with Crippen LogP contribution >= 0.6 is 0 Å². The molecule has 2 heterocycles. The molecular formula is C17H26N2. The van der Waals surface area contributed by atoms with Gasteiger partial charge >= 0.3 is 0 Å². The zero-order chi connectivity index (χ0) is 13.2. The summed E-state index contributed by atoms with van der Waals surface area (Å²) < 4.78 is 0. The highest BCUT2D eigenvalue weighted by atomic mass is 15.2. The Kier molecular flexibility index (Phi) is 3.79. The van der Waals surface area contributed by atoms with Crippen molar-refractivity contribution in [3.8, 4) is 0 Å². The SMILES string of the molecule is CC1CCC(C)N(Cc2ccc3c(c2)CCCN3)C1. The Balaban J connectivity index is 1.72. The van der Waals surface area contributed by atoms with Gasteiger partial charge in [0.05, 0.1) is 0 Å². The van der Waals surface area contributed by atoms with Crippen molar-refractivity contribution < 1.29 is 0 Å². The van der Waals surface area contributed by atoms with Gasteiger partial charge in [0.25, 0.3) is 0 Å². The molecule has 1 N–H and O–H groups in total. The van der Waals surface area contributed by atoms with E-state index < -0.39 is 0 Å². The van der Waals surface area contributed by atoms with Crippen LogP contribution in [0.2, 0.25) is 0 Å². The maximum Gasteiger partial charge on any atom is 0.0372 e. The van der Waals surface area contributed by atoms with E-state index in [-0.39, 0.29) is 0 Å². The van der Waals surface area contributed by atoms with Crippen LogP contribution in [-0.2, 0) is 13.0 Å². The highest BCUT2D eigenvalue weighted by Gasteiger charge is 2.23. The normalized spacial score (nSPS) is 27.7. The number of fused-ring (bicyclic) bond motifs is 1. The summed E-state index contributed by atoms with van der Waals surface area (Å²) in [6, 6.07) is 7.75. The fourth-order valence-corrected chi connectivity index (χ4v) is 3.46. The van der Waals surface area contributed by atoms with E-state index in [1.807, 2.05) is 0 Å². The molecule has 0 aromatic heterocycles. The van der Waals surface area contributed by atoms with Gasteiger partial charge in [-0.05, 0) is 55.7 Å². The lowest BCUT2D eigenvalue weighted by molar-refractivity contribution is 0.117. The quantitative estimate of drug-likeness (QED) is 0.871. The van der Waals surface area contributed by atoms with Gasteiger partial charge in [0.2, 0.25) is 0 Å². The summed E-state index contributed by atoms with van der Waals surface area (Å²) in [5.74, 6) is 0.857. The molecule has 1 fully saturated rings. The second-order valence-electron chi connectivity index (χ2n) is 6.48. The van der Waals surface area contributed by atoms with Crippen molar-refractivity contribution in [2.24, 2.45) is 5.92 Å². The van der Waals surface area contributed by atoms with Crippen LogP contribution in [0.4, 0.5) is 5.69 Å². The molecule has 0 amide bonds. The zero-order valence-electron chi connectivity index (χ0n) is 12.3. The molecule has 1 saturated heterocycles. The molecule has 1 aromatic carbocycles. The second kappa shape index (κ2) is 5.54. The fraction of sp³-hybridized carbons (Fsp3) is 0.647. The first-order valence-electron chi connectivity index (χ1n) is 7.82. The number of rotatable bonds is 2. The highest BCUT2D eigenvalue weighted by molar-refractivity contribution is 5.54. The van der Waals surface area contributed by atoms with Crippen molar-refractivity contribution in [1.82, 2.24) is 4.90 Å². The second-order valence-corrected chi connectivity index (χ2v) is 6.48. The van der Waals surface area contributed by atoms with Gasteiger partial charge in [0.1, 0.15) is 0 Å². The molecule has 0 saturated carbocycles.